The molecule has 1 saturated heterocycles. The van der Waals surface area contributed by atoms with E-state index in [1.807, 2.05) is 6.92 Å². The van der Waals surface area contributed by atoms with Crippen molar-refractivity contribution in [1.82, 2.24) is 0 Å². The number of nitrogens with one attached hydrogen (secondary N) is 1. The number of anilines is 2. The van der Waals surface area contributed by atoms with E-state index in [-0.39, 0.29) is 22.9 Å². The lowest BCUT2D eigenvalue weighted by Gasteiger charge is -2.25. The molecule has 1 aliphatic heterocycles. The second-order valence-electron chi connectivity index (χ2n) is 7.54. The molecule has 0 aliphatic carbocycles. The molecule has 1 N–H and O–H groups in total. The van der Waals surface area contributed by atoms with E-state index >= 15 is 0 Å². The molecule has 3 aromatic rings. The first-order valence-corrected chi connectivity index (χ1v) is 11.0. The number of hydrogen-bond donors (Lipinski definition) is 1. The van der Waals surface area contributed by atoms with Crippen LogP contribution in [0.3, 0.4) is 0 Å². The first kappa shape index (κ1) is 22.8. The zero-order valence-electron chi connectivity index (χ0n) is 17.3. The number of carbonyl (C=O) groups is 2. The van der Waals surface area contributed by atoms with E-state index in [1.54, 1.807) is 36.4 Å². The maximum absolute atomic E-state index is 14.5. The number of alkyl halides is 3. The standard InChI is InChI=1S/C24H18F4N2O2S/c1-14-5-10-19(25)20(11-14)30-21(31)13-33-23(30)16-3-2-4-18(12-16)29-22(32)15-6-8-17(9-7-15)24(26,27)28/h2-12,23H,13H2,1H3,(H,29,32). The molecule has 33 heavy (non-hydrogen) atoms. The highest BCUT2D eigenvalue weighted by molar-refractivity contribution is 8.00. The summed E-state index contributed by atoms with van der Waals surface area (Å²) in [6.07, 6.45) is -4.48. The molecule has 0 bridgehead atoms. The predicted molar refractivity (Wildman–Crippen MR) is 120 cm³/mol. The van der Waals surface area contributed by atoms with Gasteiger partial charge in [0.15, 0.2) is 0 Å². The highest BCUT2D eigenvalue weighted by atomic mass is 32.2. The van der Waals surface area contributed by atoms with E-state index in [2.05, 4.69) is 5.32 Å². The van der Waals surface area contributed by atoms with Crippen molar-refractivity contribution >= 4 is 35.0 Å². The number of nitrogens with zero attached hydrogens (tertiary/aromatic N) is 1. The van der Waals surface area contributed by atoms with Crippen molar-refractivity contribution < 1.29 is 27.2 Å². The van der Waals surface area contributed by atoms with E-state index in [9.17, 15) is 27.2 Å². The molecule has 4 nitrogen and oxygen atoms in total. The van der Waals surface area contributed by atoms with Gasteiger partial charge in [-0.2, -0.15) is 13.2 Å². The van der Waals surface area contributed by atoms with Crippen LogP contribution >= 0.6 is 11.8 Å². The number of hydrogen-bond acceptors (Lipinski definition) is 3. The van der Waals surface area contributed by atoms with E-state index in [1.165, 1.54) is 22.7 Å². The smallest absolute Gasteiger partial charge is 0.322 e. The van der Waals surface area contributed by atoms with Gasteiger partial charge in [0.1, 0.15) is 11.2 Å². The second kappa shape index (κ2) is 8.90. The number of benzene rings is 3. The summed E-state index contributed by atoms with van der Waals surface area (Å²) in [5.74, 6) is -1.13. The molecule has 170 valence electrons. The number of carbonyl (C=O) groups excluding carboxylic acids is 2. The van der Waals surface area contributed by atoms with Crippen molar-refractivity contribution in [1.29, 1.82) is 0 Å². The zero-order valence-corrected chi connectivity index (χ0v) is 18.1. The average molecular weight is 474 g/mol. The summed E-state index contributed by atoms with van der Waals surface area (Å²) in [7, 11) is 0. The van der Waals surface area contributed by atoms with Crippen molar-refractivity contribution in [2.75, 3.05) is 16.0 Å². The topological polar surface area (TPSA) is 49.4 Å². The van der Waals surface area contributed by atoms with Crippen molar-refractivity contribution in [3.63, 3.8) is 0 Å². The fourth-order valence-corrected chi connectivity index (χ4v) is 4.68. The van der Waals surface area contributed by atoms with Gasteiger partial charge in [0.2, 0.25) is 5.91 Å². The molecule has 3 aromatic carbocycles. The minimum absolute atomic E-state index is 0.0716. The molecule has 1 unspecified atom stereocenters. The van der Waals surface area contributed by atoms with Crippen molar-refractivity contribution in [2.24, 2.45) is 0 Å². The quantitative estimate of drug-likeness (QED) is 0.459. The van der Waals surface area contributed by atoms with Gasteiger partial charge in [-0.1, -0.05) is 18.2 Å². The summed E-state index contributed by atoms with van der Waals surface area (Å²) >= 11 is 1.34. The van der Waals surface area contributed by atoms with Crippen LogP contribution in [0.15, 0.2) is 66.7 Å². The number of thioether (sulfide) groups is 1. The number of aryl methyl sites for hydroxylation is 1. The van der Waals surface area contributed by atoms with Gasteiger partial charge in [0.05, 0.1) is 17.0 Å². The predicted octanol–water partition coefficient (Wildman–Crippen LogP) is 6.18. The number of halogens is 4. The largest absolute Gasteiger partial charge is 0.416 e. The Morgan fingerprint density at radius 2 is 1.79 bits per heavy atom. The fourth-order valence-electron chi connectivity index (χ4n) is 3.52. The van der Waals surface area contributed by atoms with Gasteiger partial charge in [-0.25, -0.2) is 4.39 Å². The Labute approximate surface area is 191 Å². The van der Waals surface area contributed by atoms with Crippen molar-refractivity contribution in [3.8, 4) is 0 Å². The molecule has 9 heteroatoms. The van der Waals surface area contributed by atoms with E-state index in [0.717, 1.165) is 29.8 Å². The van der Waals surface area contributed by atoms with Gasteiger partial charge >= 0.3 is 6.18 Å². The molecule has 0 aromatic heterocycles. The third-order valence-electron chi connectivity index (χ3n) is 5.13. The van der Waals surface area contributed by atoms with E-state index in [0.29, 0.717) is 11.3 Å². The van der Waals surface area contributed by atoms with Crippen LogP contribution in [0.5, 0.6) is 0 Å². The molecule has 1 fully saturated rings. The normalized spacial score (nSPS) is 16.2. The van der Waals surface area contributed by atoms with Crippen LogP contribution in [0.1, 0.15) is 32.4 Å². The SMILES string of the molecule is Cc1ccc(F)c(N2C(=O)CSC2c2cccc(NC(=O)c3ccc(C(F)(F)F)cc3)c2)c1. The monoisotopic (exact) mass is 474 g/mol. The molecule has 1 atom stereocenters. The highest BCUT2D eigenvalue weighted by Gasteiger charge is 2.35. The minimum Gasteiger partial charge on any atom is -0.322 e. The number of rotatable bonds is 4. The summed E-state index contributed by atoms with van der Waals surface area (Å²) in [6, 6.07) is 15.2. The first-order chi connectivity index (χ1) is 15.6. The molecule has 0 saturated carbocycles. The third kappa shape index (κ3) is 4.88. The first-order valence-electron chi connectivity index (χ1n) is 9.92. The van der Waals surface area contributed by atoms with Crippen LogP contribution in [0.4, 0.5) is 28.9 Å². The third-order valence-corrected chi connectivity index (χ3v) is 6.35. The second-order valence-corrected chi connectivity index (χ2v) is 8.61. The zero-order chi connectivity index (χ0) is 23.8. The molecular weight excluding hydrogens is 456 g/mol. The molecule has 1 heterocycles. The van der Waals surface area contributed by atoms with Gasteiger partial charge in [0, 0.05) is 11.3 Å². The van der Waals surface area contributed by atoms with Crippen LogP contribution in [-0.2, 0) is 11.0 Å². The van der Waals surface area contributed by atoms with Crippen molar-refractivity contribution in [2.45, 2.75) is 18.5 Å². The van der Waals surface area contributed by atoms with Crippen LogP contribution in [-0.4, -0.2) is 17.6 Å². The van der Waals surface area contributed by atoms with Gasteiger partial charge in [-0.05, 0) is 66.6 Å². The van der Waals surface area contributed by atoms with Crippen LogP contribution in [0, 0.1) is 12.7 Å². The Hall–Kier alpha value is -3.33. The molecule has 1 aliphatic rings. The lowest BCUT2D eigenvalue weighted by atomic mass is 10.1. The molecular formula is C24H18F4N2O2S. The van der Waals surface area contributed by atoms with Gasteiger partial charge in [-0.3, -0.25) is 14.5 Å². The van der Waals surface area contributed by atoms with Gasteiger partial charge < -0.3 is 5.32 Å². The van der Waals surface area contributed by atoms with Crippen LogP contribution in [0.25, 0.3) is 0 Å². The molecule has 4 rings (SSSR count). The Morgan fingerprint density at radius 3 is 2.48 bits per heavy atom. The Balaban J connectivity index is 1.56. The summed E-state index contributed by atoms with van der Waals surface area (Å²) in [6.45, 7) is 1.81. The molecule has 0 radical (unpaired) electrons. The maximum atomic E-state index is 14.5. The summed E-state index contributed by atoms with van der Waals surface area (Å²) in [5.41, 5.74) is 1.32. The highest BCUT2D eigenvalue weighted by Crippen LogP contribution is 2.43. The summed E-state index contributed by atoms with van der Waals surface area (Å²) < 4.78 is 52.7. The van der Waals surface area contributed by atoms with Gasteiger partial charge in [0.25, 0.3) is 5.91 Å². The average Bonchev–Trinajstić information content (AvgIpc) is 3.16. The Bertz CT molecular complexity index is 1210. The minimum atomic E-state index is -4.48. The van der Waals surface area contributed by atoms with Gasteiger partial charge in [-0.15, -0.1) is 11.8 Å². The Kier molecular flexibility index (Phi) is 6.16. The van der Waals surface area contributed by atoms with E-state index < -0.39 is 28.8 Å². The summed E-state index contributed by atoms with van der Waals surface area (Å²) in [5, 5.41) is 2.17. The number of amides is 2. The summed E-state index contributed by atoms with van der Waals surface area (Å²) in [4.78, 5) is 26.5. The lowest BCUT2D eigenvalue weighted by Crippen LogP contribution is -2.28. The van der Waals surface area contributed by atoms with Crippen molar-refractivity contribution in [3.05, 3.63) is 94.8 Å². The molecule has 2 amide bonds. The van der Waals surface area contributed by atoms with E-state index in [4.69, 9.17) is 0 Å². The lowest BCUT2D eigenvalue weighted by molar-refractivity contribution is -0.137. The Morgan fingerprint density at radius 1 is 1.06 bits per heavy atom. The fraction of sp³-hybridized carbons (Fsp3) is 0.167. The van der Waals surface area contributed by atoms with Crippen LogP contribution < -0.4 is 10.2 Å². The molecule has 0 spiro atoms. The maximum Gasteiger partial charge on any atom is 0.416 e. The van der Waals surface area contributed by atoms with Crippen LogP contribution in [0.2, 0.25) is 0 Å².